The first-order valence-corrected chi connectivity index (χ1v) is 9.46. The molecule has 1 fully saturated rings. The second-order valence-electron chi connectivity index (χ2n) is 7.20. The molecular formula is C21H21N5O4. The summed E-state index contributed by atoms with van der Waals surface area (Å²) in [5.41, 5.74) is 3.14. The number of carbonyl (C=O) groups excluding carboxylic acids is 3. The zero-order chi connectivity index (χ0) is 21.4. The lowest BCUT2D eigenvalue weighted by atomic mass is 10.1. The van der Waals surface area contributed by atoms with Gasteiger partial charge in [-0.2, -0.15) is 5.11 Å². The zero-order valence-corrected chi connectivity index (χ0v) is 16.8. The van der Waals surface area contributed by atoms with E-state index < -0.39 is 23.9 Å². The molecule has 0 radical (unpaired) electrons. The van der Waals surface area contributed by atoms with Crippen molar-refractivity contribution >= 4 is 29.1 Å². The van der Waals surface area contributed by atoms with E-state index in [1.54, 1.807) is 24.3 Å². The summed E-state index contributed by atoms with van der Waals surface area (Å²) in [6, 6.07) is 10.3. The van der Waals surface area contributed by atoms with E-state index in [0.29, 0.717) is 17.1 Å². The van der Waals surface area contributed by atoms with Crippen molar-refractivity contribution in [3.05, 3.63) is 53.6 Å². The van der Waals surface area contributed by atoms with Crippen molar-refractivity contribution in [3.8, 4) is 5.75 Å². The summed E-state index contributed by atoms with van der Waals surface area (Å²) in [6.07, 6.45) is 0. The number of ether oxygens (including phenoxy) is 1. The van der Waals surface area contributed by atoms with E-state index in [0.717, 1.165) is 16.0 Å². The Kier molecular flexibility index (Phi) is 4.94. The smallest absolute Gasteiger partial charge is 0.263 e. The average Bonchev–Trinajstić information content (AvgIpc) is 3.25. The minimum atomic E-state index is -0.951. The summed E-state index contributed by atoms with van der Waals surface area (Å²) in [5, 5.41) is 12.0. The van der Waals surface area contributed by atoms with Crippen molar-refractivity contribution in [2.24, 2.45) is 10.3 Å². The van der Waals surface area contributed by atoms with Gasteiger partial charge in [-0.3, -0.25) is 19.4 Å². The number of hydrogen-bond acceptors (Lipinski definition) is 7. The molecule has 0 spiro atoms. The van der Waals surface area contributed by atoms with Gasteiger partial charge in [-0.1, -0.05) is 17.4 Å². The Balaban J connectivity index is 1.49. The zero-order valence-electron chi connectivity index (χ0n) is 16.8. The first-order chi connectivity index (χ1) is 14.4. The highest BCUT2D eigenvalue weighted by Gasteiger charge is 2.55. The van der Waals surface area contributed by atoms with Crippen molar-refractivity contribution in [3.63, 3.8) is 0 Å². The van der Waals surface area contributed by atoms with Gasteiger partial charge >= 0.3 is 0 Å². The predicted molar refractivity (Wildman–Crippen MR) is 109 cm³/mol. The second-order valence-corrected chi connectivity index (χ2v) is 7.20. The molecule has 4 rings (SSSR count). The van der Waals surface area contributed by atoms with Crippen LogP contribution in [0.3, 0.4) is 0 Å². The molecule has 2 atom stereocenters. The minimum absolute atomic E-state index is 0.187. The lowest BCUT2D eigenvalue weighted by molar-refractivity contribution is -0.123. The molecule has 1 N–H and O–H groups in total. The number of hydrogen-bond donors (Lipinski definition) is 1. The molecule has 30 heavy (non-hydrogen) atoms. The number of imide groups is 1. The van der Waals surface area contributed by atoms with Gasteiger partial charge in [0.25, 0.3) is 11.8 Å². The highest BCUT2D eigenvalue weighted by Crippen LogP contribution is 2.32. The maximum absolute atomic E-state index is 13.0. The van der Waals surface area contributed by atoms with E-state index in [-0.39, 0.29) is 12.5 Å². The standard InChI is InChI=1S/C21H21N5O4/c1-12-5-4-6-16(13(12)2)22-17(27)11-25-19-18(23-24-25)20(28)26(21(19)29)14-7-9-15(30-3)10-8-14/h4-10,18-19H,11H2,1-3H3,(H,22,27). The maximum atomic E-state index is 13.0. The van der Waals surface area contributed by atoms with Crippen molar-refractivity contribution in [1.82, 2.24) is 5.01 Å². The highest BCUT2D eigenvalue weighted by atomic mass is 16.5. The average molecular weight is 407 g/mol. The molecule has 3 amide bonds. The van der Waals surface area contributed by atoms with Crippen molar-refractivity contribution in [2.45, 2.75) is 25.9 Å². The molecule has 1 saturated heterocycles. The lowest BCUT2D eigenvalue weighted by Crippen LogP contribution is -2.43. The van der Waals surface area contributed by atoms with Crippen LogP contribution in [-0.2, 0) is 14.4 Å². The third-order valence-electron chi connectivity index (χ3n) is 5.37. The monoisotopic (exact) mass is 407 g/mol. The van der Waals surface area contributed by atoms with E-state index in [2.05, 4.69) is 15.7 Å². The van der Waals surface area contributed by atoms with Crippen LogP contribution in [0.2, 0.25) is 0 Å². The van der Waals surface area contributed by atoms with Crippen LogP contribution < -0.4 is 15.0 Å². The first kappa shape index (κ1) is 19.6. The van der Waals surface area contributed by atoms with E-state index in [9.17, 15) is 14.4 Å². The number of carbonyl (C=O) groups is 3. The number of fused-ring (bicyclic) bond motifs is 1. The minimum Gasteiger partial charge on any atom is -0.497 e. The number of benzene rings is 2. The quantitative estimate of drug-likeness (QED) is 0.766. The van der Waals surface area contributed by atoms with Crippen LogP contribution in [-0.4, -0.2) is 48.5 Å². The molecule has 0 aliphatic carbocycles. The van der Waals surface area contributed by atoms with E-state index in [1.165, 1.54) is 12.1 Å². The molecule has 2 aromatic carbocycles. The Labute approximate surface area is 173 Å². The van der Waals surface area contributed by atoms with Crippen molar-refractivity contribution < 1.29 is 19.1 Å². The van der Waals surface area contributed by atoms with Gasteiger partial charge in [-0.15, -0.1) is 0 Å². The number of nitrogens with one attached hydrogen (secondary N) is 1. The van der Waals surface area contributed by atoms with Gasteiger partial charge in [-0.25, -0.2) is 4.90 Å². The molecule has 2 unspecified atom stereocenters. The van der Waals surface area contributed by atoms with E-state index in [4.69, 9.17) is 4.74 Å². The molecule has 0 bridgehead atoms. The maximum Gasteiger partial charge on any atom is 0.263 e. The number of anilines is 2. The van der Waals surface area contributed by atoms with Crippen LogP contribution in [0.5, 0.6) is 5.75 Å². The number of methoxy groups -OCH3 is 1. The van der Waals surface area contributed by atoms with Crippen LogP contribution in [0.1, 0.15) is 11.1 Å². The number of rotatable bonds is 5. The Morgan fingerprint density at radius 2 is 1.83 bits per heavy atom. The Morgan fingerprint density at radius 3 is 2.53 bits per heavy atom. The van der Waals surface area contributed by atoms with Crippen LogP contribution in [0, 0.1) is 13.8 Å². The Bertz CT molecular complexity index is 1050. The van der Waals surface area contributed by atoms with E-state index >= 15 is 0 Å². The topological polar surface area (TPSA) is 104 Å². The van der Waals surface area contributed by atoms with Crippen LogP contribution in [0.15, 0.2) is 52.8 Å². The summed E-state index contributed by atoms with van der Waals surface area (Å²) in [6.45, 7) is 3.69. The molecule has 2 aliphatic rings. The summed E-state index contributed by atoms with van der Waals surface area (Å²) >= 11 is 0. The Morgan fingerprint density at radius 1 is 1.10 bits per heavy atom. The van der Waals surface area contributed by atoms with Gasteiger partial charge < -0.3 is 10.1 Å². The normalized spacial score (nSPS) is 20.0. The van der Waals surface area contributed by atoms with Gasteiger partial charge in [0, 0.05) is 5.69 Å². The number of amides is 3. The molecule has 9 heteroatoms. The fourth-order valence-electron chi connectivity index (χ4n) is 3.56. The fourth-order valence-corrected chi connectivity index (χ4v) is 3.56. The third kappa shape index (κ3) is 3.28. The lowest BCUT2D eigenvalue weighted by Gasteiger charge is -2.20. The Hall–Kier alpha value is -3.75. The summed E-state index contributed by atoms with van der Waals surface area (Å²) < 4.78 is 5.11. The fraction of sp³-hybridized carbons (Fsp3) is 0.286. The molecule has 154 valence electrons. The van der Waals surface area contributed by atoms with Gasteiger partial charge in [0.15, 0.2) is 12.1 Å². The summed E-state index contributed by atoms with van der Waals surface area (Å²) in [7, 11) is 1.53. The van der Waals surface area contributed by atoms with Crippen molar-refractivity contribution in [1.29, 1.82) is 0 Å². The van der Waals surface area contributed by atoms with Crippen LogP contribution in [0.25, 0.3) is 0 Å². The SMILES string of the molecule is COc1ccc(N2C(=O)C3N=NN(CC(=O)Nc4cccc(C)c4C)C3C2=O)cc1. The van der Waals surface area contributed by atoms with Gasteiger partial charge in [0.05, 0.1) is 12.8 Å². The molecular weight excluding hydrogens is 386 g/mol. The van der Waals surface area contributed by atoms with Crippen LogP contribution in [0.4, 0.5) is 11.4 Å². The van der Waals surface area contributed by atoms with Gasteiger partial charge in [0.2, 0.25) is 5.91 Å². The molecule has 9 nitrogen and oxygen atoms in total. The van der Waals surface area contributed by atoms with Gasteiger partial charge in [0.1, 0.15) is 12.3 Å². The molecule has 2 aliphatic heterocycles. The number of nitrogens with zero attached hydrogens (tertiary/aromatic N) is 4. The van der Waals surface area contributed by atoms with Crippen LogP contribution >= 0.6 is 0 Å². The van der Waals surface area contributed by atoms with E-state index in [1.807, 2.05) is 32.0 Å². The second kappa shape index (κ2) is 7.58. The predicted octanol–water partition coefficient (Wildman–Crippen LogP) is 2.24. The molecule has 2 aromatic rings. The highest BCUT2D eigenvalue weighted by molar-refractivity contribution is 6.25. The first-order valence-electron chi connectivity index (χ1n) is 9.46. The van der Waals surface area contributed by atoms with Crippen molar-refractivity contribution in [2.75, 3.05) is 23.9 Å². The number of aryl methyl sites for hydroxylation is 1. The molecule has 2 heterocycles. The molecule has 0 aromatic heterocycles. The third-order valence-corrected chi connectivity index (χ3v) is 5.37. The molecule has 0 saturated carbocycles. The summed E-state index contributed by atoms with van der Waals surface area (Å²) in [5.74, 6) is -0.648. The largest absolute Gasteiger partial charge is 0.497 e. The summed E-state index contributed by atoms with van der Waals surface area (Å²) in [4.78, 5) is 39.4. The van der Waals surface area contributed by atoms with Gasteiger partial charge in [-0.05, 0) is 55.3 Å².